The summed E-state index contributed by atoms with van der Waals surface area (Å²) >= 11 is 5.99. The number of ether oxygens (including phenoxy) is 2. The number of carboxylic acid groups (broad SMARTS) is 1. The Morgan fingerprint density at radius 2 is 1.96 bits per heavy atom. The first-order valence-corrected chi connectivity index (χ1v) is 9.04. The highest BCUT2D eigenvalue weighted by Crippen LogP contribution is 2.32. The molecule has 0 amide bonds. The second-order valence-electron chi connectivity index (χ2n) is 6.59. The van der Waals surface area contributed by atoms with Crippen molar-refractivity contribution in [3.05, 3.63) is 63.7 Å². The third-order valence-electron chi connectivity index (χ3n) is 4.57. The fraction of sp³-hybridized carbons (Fsp3) is 0.350. The molecule has 0 aliphatic heterocycles. The Morgan fingerprint density at radius 1 is 1.18 bits per heavy atom. The van der Waals surface area contributed by atoms with Crippen LogP contribution in [-0.2, 0) is 35.2 Å². The maximum atomic E-state index is 12.9. The highest BCUT2D eigenvalue weighted by atomic mass is 35.5. The summed E-state index contributed by atoms with van der Waals surface area (Å²) in [7, 11) is 0. The highest BCUT2D eigenvalue weighted by molar-refractivity contribution is 6.31. The zero-order valence-corrected chi connectivity index (χ0v) is 15.5. The Labute approximate surface area is 164 Å². The van der Waals surface area contributed by atoms with Gasteiger partial charge in [0.2, 0.25) is 0 Å². The van der Waals surface area contributed by atoms with Crippen LogP contribution in [0.5, 0.6) is 5.75 Å². The number of halogens is 4. The van der Waals surface area contributed by atoms with E-state index in [1.165, 1.54) is 6.07 Å². The molecular formula is C20H18ClF3O4. The van der Waals surface area contributed by atoms with E-state index in [1.807, 2.05) is 12.1 Å². The van der Waals surface area contributed by atoms with Crippen LogP contribution in [0.1, 0.15) is 28.7 Å². The Balaban J connectivity index is 1.65. The van der Waals surface area contributed by atoms with Gasteiger partial charge in [-0.15, -0.1) is 0 Å². The van der Waals surface area contributed by atoms with E-state index in [0.29, 0.717) is 25.0 Å². The van der Waals surface area contributed by atoms with Crippen molar-refractivity contribution < 1.29 is 32.5 Å². The smallest absolute Gasteiger partial charge is 0.416 e. The van der Waals surface area contributed by atoms with Crippen molar-refractivity contribution in [1.29, 1.82) is 0 Å². The Bertz CT molecular complexity index is 867. The number of hydrogen-bond donors (Lipinski definition) is 1. The van der Waals surface area contributed by atoms with E-state index in [-0.39, 0.29) is 29.9 Å². The van der Waals surface area contributed by atoms with Crippen molar-refractivity contribution in [2.75, 3.05) is 6.61 Å². The first-order chi connectivity index (χ1) is 13.2. The van der Waals surface area contributed by atoms with Gasteiger partial charge in [0.25, 0.3) is 0 Å². The van der Waals surface area contributed by atoms with Crippen LogP contribution in [0.2, 0.25) is 5.02 Å². The molecule has 28 heavy (non-hydrogen) atoms. The number of alkyl halides is 3. The zero-order chi connectivity index (χ0) is 20.3. The molecule has 1 aliphatic carbocycles. The van der Waals surface area contributed by atoms with E-state index in [9.17, 15) is 18.0 Å². The first kappa shape index (κ1) is 20.5. The average Bonchev–Trinajstić information content (AvgIpc) is 2.64. The molecule has 1 aliphatic rings. The van der Waals surface area contributed by atoms with Gasteiger partial charge >= 0.3 is 12.1 Å². The van der Waals surface area contributed by atoms with Gasteiger partial charge in [-0.2, -0.15) is 13.2 Å². The lowest BCUT2D eigenvalue weighted by Crippen LogP contribution is -2.25. The number of hydrogen-bond acceptors (Lipinski definition) is 3. The minimum atomic E-state index is -4.44. The van der Waals surface area contributed by atoms with Gasteiger partial charge in [-0.25, -0.2) is 4.79 Å². The Hall–Kier alpha value is -2.25. The molecule has 0 spiro atoms. The summed E-state index contributed by atoms with van der Waals surface area (Å²) in [5.74, 6) is -0.458. The van der Waals surface area contributed by atoms with Crippen molar-refractivity contribution in [3.8, 4) is 5.75 Å². The molecule has 1 unspecified atom stereocenters. The predicted molar refractivity (Wildman–Crippen MR) is 96.6 cm³/mol. The number of benzene rings is 2. The number of aryl methyl sites for hydroxylation is 1. The zero-order valence-electron chi connectivity index (χ0n) is 14.8. The van der Waals surface area contributed by atoms with E-state index in [4.69, 9.17) is 26.2 Å². The summed E-state index contributed by atoms with van der Waals surface area (Å²) in [6.45, 7) is -0.398. The van der Waals surface area contributed by atoms with Gasteiger partial charge in [0, 0.05) is 10.6 Å². The molecule has 0 saturated heterocycles. The van der Waals surface area contributed by atoms with E-state index >= 15 is 0 Å². The van der Waals surface area contributed by atoms with Gasteiger partial charge in [0.1, 0.15) is 19.0 Å². The summed E-state index contributed by atoms with van der Waals surface area (Å²) in [5.41, 5.74) is 1.60. The number of aliphatic carboxylic acids is 1. The summed E-state index contributed by atoms with van der Waals surface area (Å²) in [4.78, 5) is 10.6. The lowest BCUT2D eigenvalue weighted by atomic mass is 9.89. The Kier molecular flexibility index (Phi) is 6.15. The lowest BCUT2D eigenvalue weighted by molar-refractivity contribution is -0.144. The van der Waals surface area contributed by atoms with E-state index in [0.717, 1.165) is 23.3 Å². The predicted octanol–water partition coefficient (Wildman–Crippen LogP) is 4.90. The quantitative estimate of drug-likeness (QED) is 0.730. The fourth-order valence-electron chi connectivity index (χ4n) is 3.14. The van der Waals surface area contributed by atoms with Crippen LogP contribution < -0.4 is 4.74 Å². The van der Waals surface area contributed by atoms with Gasteiger partial charge in [-0.3, -0.25) is 0 Å². The molecule has 0 bridgehead atoms. The summed E-state index contributed by atoms with van der Waals surface area (Å²) in [6, 6.07) is 8.60. The van der Waals surface area contributed by atoms with E-state index < -0.39 is 17.7 Å². The van der Waals surface area contributed by atoms with Gasteiger partial charge < -0.3 is 14.6 Å². The number of carboxylic acids is 1. The van der Waals surface area contributed by atoms with Gasteiger partial charge in [-0.05, 0) is 60.7 Å². The molecule has 0 fully saturated rings. The molecule has 0 heterocycles. The van der Waals surface area contributed by atoms with Crippen LogP contribution >= 0.6 is 11.6 Å². The fourth-order valence-corrected chi connectivity index (χ4v) is 3.31. The molecule has 3 rings (SSSR count). The van der Waals surface area contributed by atoms with Gasteiger partial charge in [-0.1, -0.05) is 17.7 Å². The summed E-state index contributed by atoms with van der Waals surface area (Å²) < 4.78 is 49.6. The summed E-state index contributed by atoms with van der Waals surface area (Å²) in [5, 5.41) is 8.91. The second kappa shape index (κ2) is 8.41. The number of fused-ring (bicyclic) bond motifs is 1. The normalized spacial score (nSPS) is 16.5. The molecule has 4 nitrogen and oxygen atoms in total. The summed E-state index contributed by atoms with van der Waals surface area (Å²) in [6.07, 6.45) is -2.56. The SMILES string of the molecule is O=C(O)COC1CCc2cc(OCc3cc(C(F)(F)F)ccc3Cl)ccc2C1. The lowest BCUT2D eigenvalue weighted by Gasteiger charge is -2.24. The van der Waals surface area contributed by atoms with Crippen molar-refractivity contribution in [2.24, 2.45) is 0 Å². The third kappa shape index (κ3) is 5.17. The average molecular weight is 415 g/mol. The van der Waals surface area contributed by atoms with Crippen molar-refractivity contribution >= 4 is 17.6 Å². The molecule has 0 radical (unpaired) electrons. The van der Waals surface area contributed by atoms with Crippen LogP contribution in [0.4, 0.5) is 13.2 Å². The molecule has 2 aromatic rings. The highest BCUT2D eigenvalue weighted by Gasteiger charge is 2.31. The Morgan fingerprint density at radius 3 is 2.68 bits per heavy atom. The number of rotatable bonds is 6. The van der Waals surface area contributed by atoms with Crippen molar-refractivity contribution in [3.63, 3.8) is 0 Å². The molecule has 8 heteroatoms. The topological polar surface area (TPSA) is 55.8 Å². The maximum absolute atomic E-state index is 12.9. The van der Waals surface area contributed by atoms with E-state index in [2.05, 4.69) is 0 Å². The second-order valence-corrected chi connectivity index (χ2v) is 7.00. The number of carbonyl (C=O) groups is 1. The van der Waals surface area contributed by atoms with Crippen LogP contribution in [0.15, 0.2) is 36.4 Å². The molecule has 0 saturated carbocycles. The van der Waals surface area contributed by atoms with Crippen LogP contribution in [-0.4, -0.2) is 23.8 Å². The standard InChI is InChI=1S/C20H18ClF3O4/c21-18-6-3-15(20(22,23)24)7-14(18)10-27-16-4-1-13-9-17(28-11-19(25)26)5-2-12(13)8-16/h1,3-4,6-8,17H,2,5,9-11H2,(H,25,26). The third-order valence-corrected chi connectivity index (χ3v) is 4.94. The largest absolute Gasteiger partial charge is 0.489 e. The van der Waals surface area contributed by atoms with Crippen molar-refractivity contribution in [1.82, 2.24) is 0 Å². The van der Waals surface area contributed by atoms with Gasteiger partial charge in [0.05, 0.1) is 11.7 Å². The molecule has 2 aromatic carbocycles. The molecule has 1 atom stereocenters. The van der Waals surface area contributed by atoms with Crippen molar-refractivity contribution in [2.45, 2.75) is 38.1 Å². The monoisotopic (exact) mass is 414 g/mol. The van der Waals surface area contributed by atoms with Crippen LogP contribution in [0.3, 0.4) is 0 Å². The minimum absolute atomic E-state index is 0.0775. The maximum Gasteiger partial charge on any atom is 0.416 e. The van der Waals surface area contributed by atoms with E-state index in [1.54, 1.807) is 6.07 Å². The van der Waals surface area contributed by atoms with Gasteiger partial charge in [0.15, 0.2) is 0 Å². The minimum Gasteiger partial charge on any atom is -0.489 e. The van der Waals surface area contributed by atoms with Crippen LogP contribution in [0, 0.1) is 0 Å². The molecule has 1 N–H and O–H groups in total. The molecular weight excluding hydrogens is 397 g/mol. The molecule has 150 valence electrons. The van der Waals surface area contributed by atoms with Crippen LogP contribution in [0.25, 0.3) is 0 Å². The molecule has 0 aromatic heterocycles. The first-order valence-electron chi connectivity index (χ1n) is 8.66.